The molecule has 0 aromatic heterocycles. The molecule has 0 bridgehead atoms. The third kappa shape index (κ3) is 4.52. The number of aliphatic hydroxyl groups is 1. The van der Waals surface area contributed by atoms with Gasteiger partial charge >= 0.3 is 11.9 Å². The highest BCUT2D eigenvalue weighted by atomic mass is 16.4. The van der Waals surface area contributed by atoms with Gasteiger partial charge in [0.2, 0.25) is 0 Å². The Morgan fingerprint density at radius 3 is 2.06 bits per heavy atom. The highest BCUT2D eigenvalue weighted by molar-refractivity contribution is 5.87. The van der Waals surface area contributed by atoms with Crippen molar-refractivity contribution in [2.75, 3.05) is 6.54 Å². The van der Waals surface area contributed by atoms with E-state index in [0.717, 1.165) is 0 Å². The predicted molar refractivity (Wildman–Crippen MR) is 63.5 cm³/mol. The molecule has 0 unspecified atom stereocenters. The lowest BCUT2D eigenvalue weighted by Gasteiger charge is -1.99. The third-order valence-electron chi connectivity index (χ3n) is 2.43. The standard InChI is InChI=1S/C7H6O2.C5H9NO3/c8-7(9)6-4-2-1-3-5-6;7-3-1-4(5(8)9)6-2-3/h1-5H,(H,8,9);3-4,6-7H,1-2H2,(H,8,9)/t;3-,4+/m.1/s1. The first-order valence-corrected chi connectivity index (χ1v) is 5.43. The molecule has 18 heavy (non-hydrogen) atoms. The van der Waals surface area contributed by atoms with Gasteiger partial charge in [-0.2, -0.15) is 0 Å². The molecule has 4 N–H and O–H groups in total. The van der Waals surface area contributed by atoms with Gasteiger partial charge in [-0.05, 0) is 12.1 Å². The lowest BCUT2D eigenvalue weighted by molar-refractivity contribution is -0.139. The van der Waals surface area contributed by atoms with E-state index in [2.05, 4.69) is 5.32 Å². The lowest BCUT2D eigenvalue weighted by Crippen LogP contribution is -2.29. The number of aliphatic carboxylic acids is 1. The third-order valence-corrected chi connectivity index (χ3v) is 2.43. The quantitative estimate of drug-likeness (QED) is 0.599. The first-order valence-electron chi connectivity index (χ1n) is 5.43. The van der Waals surface area contributed by atoms with E-state index in [9.17, 15) is 9.59 Å². The molecule has 1 aromatic rings. The van der Waals surface area contributed by atoms with Crippen molar-refractivity contribution in [1.82, 2.24) is 5.32 Å². The highest BCUT2D eigenvalue weighted by Gasteiger charge is 2.27. The number of carbonyl (C=O) groups is 2. The summed E-state index contributed by atoms with van der Waals surface area (Å²) in [5.74, 6) is -1.76. The summed E-state index contributed by atoms with van der Waals surface area (Å²) in [6.07, 6.45) is -0.152. The largest absolute Gasteiger partial charge is 0.480 e. The van der Waals surface area contributed by atoms with Gasteiger partial charge in [0.05, 0.1) is 11.7 Å². The van der Waals surface area contributed by atoms with Crippen LogP contribution in [0.15, 0.2) is 30.3 Å². The van der Waals surface area contributed by atoms with Gasteiger partial charge in [0.15, 0.2) is 0 Å². The topological polar surface area (TPSA) is 107 Å². The molecule has 0 saturated carbocycles. The fourth-order valence-electron chi connectivity index (χ4n) is 1.49. The van der Waals surface area contributed by atoms with Crippen LogP contribution in [0.4, 0.5) is 0 Å². The van der Waals surface area contributed by atoms with Crippen LogP contribution in [0.25, 0.3) is 0 Å². The molecule has 1 aliphatic rings. The van der Waals surface area contributed by atoms with Crippen molar-refractivity contribution in [2.45, 2.75) is 18.6 Å². The van der Waals surface area contributed by atoms with E-state index < -0.39 is 24.1 Å². The minimum Gasteiger partial charge on any atom is -0.480 e. The van der Waals surface area contributed by atoms with Gasteiger partial charge in [0.1, 0.15) is 6.04 Å². The maximum Gasteiger partial charge on any atom is 0.335 e. The molecule has 6 heteroatoms. The molecule has 1 fully saturated rings. The van der Waals surface area contributed by atoms with Crippen LogP contribution >= 0.6 is 0 Å². The fourth-order valence-corrected chi connectivity index (χ4v) is 1.49. The van der Waals surface area contributed by atoms with Gasteiger partial charge in [-0.25, -0.2) is 4.79 Å². The number of rotatable bonds is 2. The average molecular weight is 253 g/mol. The first kappa shape index (κ1) is 14.1. The van der Waals surface area contributed by atoms with E-state index in [0.29, 0.717) is 18.5 Å². The lowest BCUT2D eigenvalue weighted by atomic mass is 10.2. The Hall–Kier alpha value is -1.92. The van der Waals surface area contributed by atoms with E-state index >= 15 is 0 Å². The molecule has 1 aliphatic heterocycles. The second-order valence-electron chi connectivity index (χ2n) is 3.86. The smallest absolute Gasteiger partial charge is 0.335 e. The van der Waals surface area contributed by atoms with Crippen LogP contribution in [0.2, 0.25) is 0 Å². The predicted octanol–water partition coefficient (Wildman–Crippen LogP) is 0.179. The van der Waals surface area contributed by atoms with Crippen LogP contribution in [-0.4, -0.2) is 45.9 Å². The number of hydrogen-bond donors (Lipinski definition) is 4. The summed E-state index contributed by atoms with van der Waals surface area (Å²) in [6.45, 7) is 0.400. The van der Waals surface area contributed by atoms with Gasteiger partial charge in [0.25, 0.3) is 0 Å². The van der Waals surface area contributed by atoms with Crippen molar-refractivity contribution in [2.24, 2.45) is 0 Å². The van der Waals surface area contributed by atoms with E-state index in [1.54, 1.807) is 30.3 Å². The van der Waals surface area contributed by atoms with E-state index in [1.165, 1.54) is 0 Å². The van der Waals surface area contributed by atoms with Crippen LogP contribution < -0.4 is 5.32 Å². The first-order chi connectivity index (χ1) is 8.50. The number of hydrogen-bond acceptors (Lipinski definition) is 4. The monoisotopic (exact) mass is 253 g/mol. The summed E-state index contributed by atoms with van der Waals surface area (Å²) >= 11 is 0. The molecule has 2 rings (SSSR count). The molecule has 1 heterocycles. The average Bonchev–Trinajstić information content (AvgIpc) is 2.78. The Balaban J connectivity index is 0.000000180. The van der Waals surface area contributed by atoms with Gasteiger partial charge < -0.3 is 20.6 Å². The molecule has 0 aliphatic carbocycles. The summed E-state index contributed by atoms with van der Waals surface area (Å²) < 4.78 is 0. The Morgan fingerprint density at radius 2 is 1.78 bits per heavy atom. The van der Waals surface area contributed by atoms with Gasteiger partial charge in [0, 0.05) is 13.0 Å². The van der Waals surface area contributed by atoms with Gasteiger partial charge in [-0.15, -0.1) is 0 Å². The molecule has 2 atom stereocenters. The van der Waals surface area contributed by atoms with E-state index in [-0.39, 0.29) is 0 Å². The Bertz CT molecular complexity index is 406. The number of carboxylic acid groups (broad SMARTS) is 2. The SMILES string of the molecule is O=C(O)[C@@H]1C[C@@H](O)CN1.O=C(O)c1ccccc1. The number of aliphatic hydroxyl groups excluding tert-OH is 1. The Labute approximate surface area is 104 Å². The van der Waals surface area contributed by atoms with Crippen molar-refractivity contribution >= 4 is 11.9 Å². The molecular weight excluding hydrogens is 238 g/mol. The van der Waals surface area contributed by atoms with Gasteiger partial charge in [-0.3, -0.25) is 4.79 Å². The molecule has 1 aromatic carbocycles. The summed E-state index contributed by atoms with van der Waals surface area (Å²) in [4.78, 5) is 20.4. The van der Waals surface area contributed by atoms with Crippen molar-refractivity contribution < 1.29 is 24.9 Å². The summed E-state index contributed by atoms with van der Waals surface area (Å²) in [5.41, 5.74) is 0.331. The van der Waals surface area contributed by atoms with Crippen molar-refractivity contribution in [3.8, 4) is 0 Å². The summed E-state index contributed by atoms with van der Waals surface area (Å²) in [5, 5.41) is 28.2. The number of β-amino-alcohol motifs (C(OH)–C–C–N with tert-alkyl or cyclic N) is 1. The molecule has 0 amide bonds. The van der Waals surface area contributed by atoms with Crippen molar-refractivity contribution in [3.63, 3.8) is 0 Å². The zero-order valence-electron chi connectivity index (χ0n) is 9.61. The molecule has 98 valence electrons. The minimum atomic E-state index is -0.883. The van der Waals surface area contributed by atoms with Gasteiger partial charge in [-0.1, -0.05) is 18.2 Å². The normalized spacial score (nSPS) is 21.8. The molecule has 0 spiro atoms. The Morgan fingerprint density at radius 1 is 1.17 bits per heavy atom. The van der Waals surface area contributed by atoms with Crippen LogP contribution in [0.1, 0.15) is 16.8 Å². The second-order valence-corrected chi connectivity index (χ2v) is 3.86. The zero-order valence-corrected chi connectivity index (χ0v) is 9.61. The molecule has 1 saturated heterocycles. The second kappa shape index (κ2) is 6.73. The molecule has 0 radical (unpaired) electrons. The van der Waals surface area contributed by atoms with Crippen LogP contribution in [0.5, 0.6) is 0 Å². The number of benzene rings is 1. The Kier molecular flexibility index (Phi) is 5.29. The summed E-state index contributed by atoms with van der Waals surface area (Å²) in [6, 6.07) is 7.75. The minimum absolute atomic E-state index is 0.329. The number of carboxylic acids is 2. The van der Waals surface area contributed by atoms with E-state index in [1.807, 2.05) is 0 Å². The molecular formula is C12H15NO5. The number of nitrogens with one attached hydrogen (secondary N) is 1. The van der Waals surface area contributed by atoms with Crippen LogP contribution in [-0.2, 0) is 4.79 Å². The maximum atomic E-state index is 10.2. The maximum absolute atomic E-state index is 10.2. The highest BCUT2D eigenvalue weighted by Crippen LogP contribution is 2.05. The van der Waals surface area contributed by atoms with Crippen LogP contribution in [0, 0.1) is 0 Å². The summed E-state index contributed by atoms with van der Waals surface area (Å²) in [7, 11) is 0. The van der Waals surface area contributed by atoms with E-state index in [4.69, 9.17) is 15.3 Å². The zero-order chi connectivity index (χ0) is 13.5. The van der Waals surface area contributed by atoms with Crippen LogP contribution in [0.3, 0.4) is 0 Å². The fraction of sp³-hybridized carbons (Fsp3) is 0.333. The molecule has 6 nitrogen and oxygen atoms in total. The van der Waals surface area contributed by atoms with Crippen molar-refractivity contribution in [3.05, 3.63) is 35.9 Å². The number of aromatic carboxylic acids is 1. The van der Waals surface area contributed by atoms with Crippen molar-refractivity contribution in [1.29, 1.82) is 0 Å².